The number of benzene rings is 2. The Bertz CT molecular complexity index is 1110. The van der Waals surface area contributed by atoms with Crippen LogP contribution in [0.2, 0.25) is 5.02 Å². The van der Waals surface area contributed by atoms with Gasteiger partial charge in [-0.15, -0.1) is 0 Å². The molecule has 3 amide bonds. The van der Waals surface area contributed by atoms with Crippen molar-refractivity contribution in [2.75, 3.05) is 57.3 Å². The minimum absolute atomic E-state index is 0.0209. The molecule has 0 aliphatic carbocycles. The van der Waals surface area contributed by atoms with Crippen molar-refractivity contribution in [1.82, 2.24) is 20.0 Å². The summed E-state index contributed by atoms with van der Waals surface area (Å²) in [6, 6.07) is 16.7. The van der Waals surface area contributed by atoms with E-state index in [1.807, 2.05) is 35.2 Å². The zero-order valence-corrected chi connectivity index (χ0v) is 23.2. The maximum absolute atomic E-state index is 13.4. The number of carbonyl (C=O) groups excluding carboxylic acids is 2. The van der Waals surface area contributed by atoms with Crippen molar-refractivity contribution in [3.8, 4) is 0 Å². The van der Waals surface area contributed by atoms with Gasteiger partial charge < -0.3 is 20.0 Å². The molecule has 0 spiro atoms. The molecule has 1 N–H and O–H groups in total. The van der Waals surface area contributed by atoms with Gasteiger partial charge in [0.2, 0.25) is 5.91 Å². The molecular weight excluding hydrogens is 498 g/mol. The van der Waals surface area contributed by atoms with Crippen LogP contribution in [0.3, 0.4) is 0 Å². The average molecular weight is 538 g/mol. The molecule has 0 bridgehead atoms. The number of anilines is 1. The second-order valence-electron chi connectivity index (χ2n) is 11.0. The van der Waals surface area contributed by atoms with Crippen LogP contribution in [0.1, 0.15) is 36.8 Å². The van der Waals surface area contributed by atoms with Gasteiger partial charge in [0.15, 0.2) is 0 Å². The lowest BCUT2D eigenvalue weighted by atomic mass is 9.92. The fraction of sp³-hybridized carbons (Fsp3) is 0.533. The molecular formula is C30H40ClN5O2. The number of carbonyl (C=O) groups is 2. The van der Waals surface area contributed by atoms with Crippen molar-refractivity contribution >= 4 is 29.2 Å². The number of piperidine rings is 2. The van der Waals surface area contributed by atoms with E-state index >= 15 is 0 Å². The zero-order valence-electron chi connectivity index (χ0n) is 22.4. The molecule has 3 saturated heterocycles. The Kier molecular flexibility index (Phi) is 8.75. The molecule has 3 fully saturated rings. The molecule has 2 aromatic carbocycles. The van der Waals surface area contributed by atoms with Gasteiger partial charge in [-0.25, -0.2) is 4.79 Å². The van der Waals surface area contributed by atoms with Crippen molar-refractivity contribution < 1.29 is 9.59 Å². The number of urea groups is 1. The number of piperazine rings is 1. The molecule has 2 aromatic rings. The molecule has 7 nitrogen and oxygen atoms in total. The Hall–Kier alpha value is -2.77. The normalized spacial score (nSPS) is 21.4. The molecule has 3 heterocycles. The minimum atomic E-state index is 0.0209. The van der Waals surface area contributed by atoms with Gasteiger partial charge in [-0.2, -0.15) is 0 Å². The number of nitrogens with one attached hydrogen (secondary N) is 1. The van der Waals surface area contributed by atoms with E-state index in [4.69, 9.17) is 11.6 Å². The molecule has 204 valence electrons. The van der Waals surface area contributed by atoms with Crippen molar-refractivity contribution in [2.24, 2.45) is 5.92 Å². The molecule has 5 rings (SSSR count). The van der Waals surface area contributed by atoms with Crippen molar-refractivity contribution in [3.63, 3.8) is 0 Å². The average Bonchev–Trinajstić information content (AvgIpc) is 2.96. The Balaban J connectivity index is 1.06. The zero-order chi connectivity index (χ0) is 26.5. The lowest BCUT2D eigenvalue weighted by Crippen LogP contribution is -2.55. The van der Waals surface area contributed by atoms with Crippen LogP contribution >= 0.6 is 11.6 Å². The monoisotopic (exact) mass is 537 g/mol. The second kappa shape index (κ2) is 12.4. The van der Waals surface area contributed by atoms with Crippen LogP contribution in [0.4, 0.5) is 10.5 Å². The first-order valence-electron chi connectivity index (χ1n) is 14.1. The first kappa shape index (κ1) is 26.8. The van der Waals surface area contributed by atoms with Crippen LogP contribution < -0.4 is 10.2 Å². The molecule has 1 atom stereocenters. The molecule has 0 radical (unpaired) electrons. The van der Waals surface area contributed by atoms with Crippen molar-refractivity contribution in [3.05, 3.63) is 64.7 Å². The molecule has 0 aromatic heterocycles. The van der Waals surface area contributed by atoms with Gasteiger partial charge >= 0.3 is 6.03 Å². The maximum atomic E-state index is 13.4. The van der Waals surface area contributed by atoms with E-state index in [9.17, 15) is 9.59 Å². The summed E-state index contributed by atoms with van der Waals surface area (Å²) in [5, 5.41) is 3.85. The Labute approximate surface area is 231 Å². The fourth-order valence-corrected chi connectivity index (χ4v) is 6.47. The number of nitrogens with zero attached hydrogens (tertiary/aromatic N) is 4. The third-order valence-corrected chi connectivity index (χ3v) is 8.70. The number of para-hydroxylation sites is 1. The topological polar surface area (TPSA) is 59.1 Å². The van der Waals surface area contributed by atoms with Gasteiger partial charge in [0, 0.05) is 58.4 Å². The molecule has 1 unspecified atom stereocenters. The lowest BCUT2D eigenvalue weighted by Gasteiger charge is -2.43. The van der Waals surface area contributed by atoms with E-state index in [1.165, 1.54) is 5.56 Å². The maximum Gasteiger partial charge on any atom is 0.317 e. The summed E-state index contributed by atoms with van der Waals surface area (Å²) in [5.74, 6) is 0.382. The number of halogens is 1. The van der Waals surface area contributed by atoms with E-state index in [1.54, 1.807) is 0 Å². The van der Waals surface area contributed by atoms with Gasteiger partial charge in [0.05, 0.1) is 16.6 Å². The van der Waals surface area contributed by atoms with Crippen LogP contribution in [0.5, 0.6) is 0 Å². The molecule has 3 aliphatic heterocycles. The number of hydrogen-bond acceptors (Lipinski definition) is 4. The fourth-order valence-electron chi connectivity index (χ4n) is 6.22. The van der Waals surface area contributed by atoms with E-state index in [2.05, 4.69) is 45.1 Å². The lowest BCUT2D eigenvalue weighted by molar-refractivity contribution is -0.138. The second-order valence-corrected chi connectivity index (χ2v) is 11.4. The summed E-state index contributed by atoms with van der Waals surface area (Å²) in [6.07, 6.45) is 3.97. The van der Waals surface area contributed by atoms with Gasteiger partial charge in [0.25, 0.3) is 0 Å². The molecule has 3 aliphatic rings. The molecule has 8 heteroatoms. The minimum Gasteiger partial charge on any atom is -0.367 e. The van der Waals surface area contributed by atoms with E-state index in [0.717, 1.165) is 94.3 Å². The Morgan fingerprint density at radius 1 is 0.895 bits per heavy atom. The Morgan fingerprint density at radius 2 is 1.66 bits per heavy atom. The summed E-state index contributed by atoms with van der Waals surface area (Å²) >= 11 is 6.39. The Morgan fingerprint density at radius 3 is 2.39 bits per heavy atom. The number of likely N-dealkylation sites (tertiary alicyclic amines) is 2. The third-order valence-electron chi connectivity index (χ3n) is 8.38. The smallest absolute Gasteiger partial charge is 0.317 e. The summed E-state index contributed by atoms with van der Waals surface area (Å²) < 4.78 is 0. The van der Waals surface area contributed by atoms with Gasteiger partial charge in [-0.1, -0.05) is 53.6 Å². The first-order valence-corrected chi connectivity index (χ1v) is 14.5. The highest BCUT2D eigenvalue weighted by molar-refractivity contribution is 6.33. The molecule has 0 saturated carbocycles. The quantitative estimate of drug-likeness (QED) is 0.615. The first-order chi connectivity index (χ1) is 18.5. The summed E-state index contributed by atoms with van der Waals surface area (Å²) in [7, 11) is 0. The molecule has 38 heavy (non-hydrogen) atoms. The standard InChI is InChI=1S/C30H40ClN5O2/c1-23-6-4-7-24(20-23)21-32-30(38)35-14-11-26(12-15-35)36-13-5-8-25(22-36)29(37)34-18-16-33(17-19-34)28-10-3-2-9-27(28)31/h2-4,6-7,9-10,20,25-26H,5,8,11-19,21-22H2,1H3,(H,32,38). The third kappa shape index (κ3) is 6.44. The summed E-state index contributed by atoms with van der Waals surface area (Å²) in [5.41, 5.74) is 3.39. The van der Waals surface area contributed by atoms with E-state index in [0.29, 0.717) is 18.5 Å². The van der Waals surface area contributed by atoms with Gasteiger partial charge in [0.1, 0.15) is 0 Å². The van der Waals surface area contributed by atoms with E-state index in [-0.39, 0.29) is 11.9 Å². The van der Waals surface area contributed by atoms with Crippen molar-refractivity contribution in [1.29, 1.82) is 0 Å². The predicted molar refractivity (Wildman–Crippen MR) is 153 cm³/mol. The van der Waals surface area contributed by atoms with Crippen LogP contribution in [0.25, 0.3) is 0 Å². The highest BCUT2D eigenvalue weighted by Crippen LogP contribution is 2.28. The highest BCUT2D eigenvalue weighted by Gasteiger charge is 2.35. The predicted octanol–water partition coefficient (Wildman–Crippen LogP) is 4.38. The number of hydrogen-bond donors (Lipinski definition) is 1. The highest BCUT2D eigenvalue weighted by atomic mass is 35.5. The van der Waals surface area contributed by atoms with Crippen LogP contribution in [0, 0.1) is 12.8 Å². The summed E-state index contributed by atoms with van der Waals surface area (Å²) in [6.45, 7) is 9.18. The largest absolute Gasteiger partial charge is 0.367 e. The van der Waals surface area contributed by atoms with Crippen LogP contribution in [0.15, 0.2) is 48.5 Å². The van der Waals surface area contributed by atoms with Gasteiger partial charge in [-0.05, 0) is 56.8 Å². The van der Waals surface area contributed by atoms with Crippen LogP contribution in [-0.4, -0.2) is 85.0 Å². The number of amides is 3. The van der Waals surface area contributed by atoms with E-state index < -0.39 is 0 Å². The summed E-state index contributed by atoms with van der Waals surface area (Å²) in [4.78, 5) is 35.0. The van der Waals surface area contributed by atoms with Crippen LogP contribution in [-0.2, 0) is 11.3 Å². The van der Waals surface area contributed by atoms with Crippen molar-refractivity contribution in [2.45, 2.75) is 45.2 Å². The SMILES string of the molecule is Cc1cccc(CNC(=O)N2CCC(N3CCCC(C(=O)N4CCN(c5ccccc5Cl)CC4)C3)CC2)c1. The number of rotatable bonds is 5. The van der Waals surface area contributed by atoms with Gasteiger partial charge in [-0.3, -0.25) is 9.69 Å². The number of aryl methyl sites for hydroxylation is 1.